The zero-order chi connectivity index (χ0) is 15.2. The van der Waals surface area contributed by atoms with E-state index < -0.39 is 10.0 Å². The molecule has 5 heteroatoms. The molecule has 0 saturated heterocycles. The molecular weight excluding hydrogens is 284 g/mol. The average molecular weight is 300 g/mol. The molecular formula is C16H16N2O2S. The van der Waals surface area contributed by atoms with Gasteiger partial charge in [0.2, 0.25) is 0 Å². The Morgan fingerprint density at radius 1 is 0.952 bits per heavy atom. The molecule has 0 amide bonds. The molecule has 2 aromatic carbocycles. The lowest BCUT2D eigenvalue weighted by atomic mass is 10.1. The molecule has 3 aromatic rings. The van der Waals surface area contributed by atoms with Gasteiger partial charge in [0.05, 0.1) is 15.9 Å². The molecule has 108 valence electrons. The van der Waals surface area contributed by atoms with Gasteiger partial charge in [-0.15, -0.1) is 0 Å². The largest absolute Gasteiger partial charge is 0.269 e. The lowest BCUT2D eigenvalue weighted by Gasteiger charge is -2.12. The number of aryl methyl sites for hydroxylation is 3. The van der Waals surface area contributed by atoms with E-state index in [0.29, 0.717) is 15.9 Å². The molecule has 0 aliphatic carbocycles. The molecule has 0 N–H and O–H groups in total. The van der Waals surface area contributed by atoms with Crippen molar-refractivity contribution in [1.29, 1.82) is 0 Å². The molecule has 0 fully saturated rings. The van der Waals surface area contributed by atoms with E-state index in [4.69, 9.17) is 0 Å². The van der Waals surface area contributed by atoms with Gasteiger partial charge < -0.3 is 0 Å². The Balaban J connectivity index is 2.29. The third-order valence-electron chi connectivity index (χ3n) is 3.75. The van der Waals surface area contributed by atoms with E-state index in [-0.39, 0.29) is 0 Å². The highest BCUT2D eigenvalue weighted by Crippen LogP contribution is 2.25. The first kappa shape index (κ1) is 13.8. The van der Waals surface area contributed by atoms with Crippen molar-refractivity contribution in [3.05, 3.63) is 59.4 Å². The zero-order valence-electron chi connectivity index (χ0n) is 12.2. The molecule has 0 aliphatic rings. The van der Waals surface area contributed by atoms with Crippen molar-refractivity contribution in [2.24, 2.45) is 0 Å². The molecule has 0 atom stereocenters. The van der Waals surface area contributed by atoms with Crippen LogP contribution in [0.5, 0.6) is 0 Å². The number of para-hydroxylation sites is 2. The summed E-state index contributed by atoms with van der Waals surface area (Å²) < 4.78 is 27.1. The molecule has 0 saturated carbocycles. The van der Waals surface area contributed by atoms with E-state index in [0.717, 1.165) is 16.7 Å². The van der Waals surface area contributed by atoms with Crippen LogP contribution in [0.3, 0.4) is 0 Å². The number of benzene rings is 2. The molecule has 0 bridgehead atoms. The highest BCUT2D eigenvalue weighted by Gasteiger charge is 2.22. The minimum atomic E-state index is -3.64. The second-order valence-electron chi connectivity index (χ2n) is 5.24. The van der Waals surface area contributed by atoms with Crippen LogP contribution < -0.4 is 0 Å². The predicted molar refractivity (Wildman–Crippen MR) is 83.0 cm³/mol. The minimum absolute atomic E-state index is 0.328. The topological polar surface area (TPSA) is 52.0 Å². The number of fused-ring (bicyclic) bond motifs is 1. The van der Waals surface area contributed by atoms with Crippen molar-refractivity contribution in [3.8, 4) is 0 Å². The van der Waals surface area contributed by atoms with E-state index in [1.807, 2.05) is 39.0 Å². The Bertz CT molecular complexity index is 940. The summed E-state index contributed by atoms with van der Waals surface area (Å²) in [6, 6.07) is 10.8. The summed E-state index contributed by atoms with van der Waals surface area (Å²) in [5.74, 6) is 0. The highest BCUT2D eigenvalue weighted by atomic mass is 32.2. The van der Waals surface area contributed by atoms with Crippen LogP contribution >= 0.6 is 0 Å². The Kier molecular flexibility index (Phi) is 3.10. The summed E-state index contributed by atoms with van der Waals surface area (Å²) in [4.78, 5) is 4.49. The number of imidazole rings is 1. The molecule has 0 radical (unpaired) electrons. The summed E-state index contributed by atoms with van der Waals surface area (Å²) in [6.07, 6.45) is 1.37. The van der Waals surface area contributed by atoms with Crippen LogP contribution in [0.2, 0.25) is 0 Å². The maximum Gasteiger partial charge on any atom is 0.269 e. The van der Waals surface area contributed by atoms with Gasteiger partial charge >= 0.3 is 0 Å². The number of hydrogen-bond donors (Lipinski definition) is 0. The van der Waals surface area contributed by atoms with Crippen molar-refractivity contribution in [2.45, 2.75) is 25.7 Å². The maximum atomic E-state index is 12.9. The Morgan fingerprint density at radius 2 is 1.62 bits per heavy atom. The molecule has 0 unspecified atom stereocenters. The van der Waals surface area contributed by atoms with Crippen LogP contribution in [-0.4, -0.2) is 17.4 Å². The standard InChI is InChI=1S/C16H16N2O2S/c1-11-8-13(3)16(9-12(11)2)21(19,20)18-10-17-14-6-4-5-7-15(14)18/h4-10H,1-3H3. The van der Waals surface area contributed by atoms with Crippen molar-refractivity contribution in [3.63, 3.8) is 0 Å². The smallest absolute Gasteiger partial charge is 0.236 e. The van der Waals surface area contributed by atoms with Crippen molar-refractivity contribution >= 4 is 21.1 Å². The summed E-state index contributed by atoms with van der Waals surface area (Å²) in [6.45, 7) is 5.71. The van der Waals surface area contributed by atoms with Gasteiger partial charge in [-0.25, -0.2) is 17.4 Å². The molecule has 1 heterocycles. The number of aromatic nitrogens is 2. The third kappa shape index (κ3) is 2.14. The molecule has 0 spiro atoms. The van der Waals surface area contributed by atoms with Gasteiger partial charge in [-0.1, -0.05) is 18.2 Å². The maximum absolute atomic E-state index is 12.9. The summed E-state index contributed by atoms with van der Waals surface area (Å²) in [5, 5.41) is 0. The lowest BCUT2D eigenvalue weighted by Crippen LogP contribution is -2.13. The quantitative estimate of drug-likeness (QED) is 0.730. The van der Waals surface area contributed by atoms with Crippen LogP contribution in [0, 0.1) is 20.8 Å². The van der Waals surface area contributed by atoms with Crippen LogP contribution in [0.15, 0.2) is 47.6 Å². The second kappa shape index (κ2) is 4.70. The minimum Gasteiger partial charge on any atom is -0.236 e. The van der Waals surface area contributed by atoms with Gasteiger partial charge in [0.25, 0.3) is 10.0 Å². The molecule has 1 aromatic heterocycles. The Hall–Kier alpha value is -2.14. The molecule has 3 rings (SSSR count). The summed E-state index contributed by atoms with van der Waals surface area (Å²) in [5.41, 5.74) is 4.05. The van der Waals surface area contributed by atoms with Gasteiger partial charge in [-0.2, -0.15) is 0 Å². The fraction of sp³-hybridized carbons (Fsp3) is 0.188. The van der Waals surface area contributed by atoms with E-state index in [2.05, 4.69) is 4.98 Å². The predicted octanol–water partition coefficient (Wildman–Crippen LogP) is 3.20. The van der Waals surface area contributed by atoms with Gasteiger partial charge in [-0.05, 0) is 55.7 Å². The van der Waals surface area contributed by atoms with E-state index >= 15 is 0 Å². The van der Waals surface area contributed by atoms with Crippen LogP contribution in [0.25, 0.3) is 11.0 Å². The first-order valence-corrected chi connectivity index (χ1v) is 8.11. The van der Waals surface area contributed by atoms with E-state index in [1.165, 1.54) is 10.3 Å². The number of nitrogens with zero attached hydrogens (tertiary/aromatic N) is 2. The van der Waals surface area contributed by atoms with Crippen molar-refractivity contribution < 1.29 is 8.42 Å². The third-order valence-corrected chi connectivity index (χ3v) is 5.55. The SMILES string of the molecule is Cc1cc(C)c(S(=O)(=O)n2cnc3ccccc32)cc1C. The van der Waals surface area contributed by atoms with Gasteiger partial charge in [0.15, 0.2) is 0 Å². The Morgan fingerprint density at radius 3 is 2.38 bits per heavy atom. The fourth-order valence-corrected chi connectivity index (χ4v) is 4.03. The van der Waals surface area contributed by atoms with Crippen molar-refractivity contribution in [2.75, 3.05) is 0 Å². The second-order valence-corrected chi connectivity index (χ2v) is 7.02. The Labute approximate surface area is 124 Å². The monoisotopic (exact) mass is 300 g/mol. The fourth-order valence-electron chi connectivity index (χ4n) is 2.45. The van der Waals surface area contributed by atoms with Crippen LogP contribution in [-0.2, 0) is 10.0 Å². The van der Waals surface area contributed by atoms with E-state index in [9.17, 15) is 8.42 Å². The number of rotatable bonds is 2. The normalized spacial score (nSPS) is 12.0. The number of hydrogen-bond acceptors (Lipinski definition) is 3. The average Bonchev–Trinajstić information content (AvgIpc) is 2.87. The van der Waals surface area contributed by atoms with E-state index in [1.54, 1.807) is 18.2 Å². The molecule has 4 nitrogen and oxygen atoms in total. The lowest BCUT2D eigenvalue weighted by molar-refractivity contribution is 0.588. The van der Waals surface area contributed by atoms with Crippen LogP contribution in [0.1, 0.15) is 16.7 Å². The van der Waals surface area contributed by atoms with Gasteiger partial charge in [0.1, 0.15) is 6.33 Å². The summed E-state index contributed by atoms with van der Waals surface area (Å²) >= 11 is 0. The van der Waals surface area contributed by atoms with Gasteiger partial charge in [0, 0.05) is 0 Å². The van der Waals surface area contributed by atoms with Crippen molar-refractivity contribution in [1.82, 2.24) is 8.96 Å². The van der Waals surface area contributed by atoms with Crippen LogP contribution in [0.4, 0.5) is 0 Å². The van der Waals surface area contributed by atoms with Gasteiger partial charge in [-0.3, -0.25) is 0 Å². The molecule has 21 heavy (non-hydrogen) atoms. The first-order valence-electron chi connectivity index (χ1n) is 6.67. The zero-order valence-corrected chi connectivity index (χ0v) is 13.0. The summed E-state index contributed by atoms with van der Waals surface area (Å²) in [7, 11) is -3.64. The highest BCUT2D eigenvalue weighted by molar-refractivity contribution is 7.90. The first-order chi connectivity index (χ1) is 9.91. The molecule has 0 aliphatic heterocycles.